The predicted octanol–water partition coefficient (Wildman–Crippen LogP) is 2.40. The zero-order chi connectivity index (χ0) is 21.5. The molecule has 1 aliphatic rings. The molecule has 3 aromatic rings. The second kappa shape index (κ2) is 7.93. The number of rotatable bonds is 6. The minimum atomic E-state index is -3.69. The normalized spacial score (nSPS) is 14.1. The van der Waals surface area contributed by atoms with E-state index in [1.54, 1.807) is 37.4 Å². The number of hydrogen-bond acceptors (Lipinski definition) is 5. The summed E-state index contributed by atoms with van der Waals surface area (Å²) in [5.74, 6) is -0.0639. The van der Waals surface area contributed by atoms with Crippen molar-refractivity contribution in [3.8, 4) is 0 Å². The lowest BCUT2D eigenvalue weighted by Crippen LogP contribution is -2.29. The number of aromatic nitrogens is 2. The maximum absolute atomic E-state index is 13.0. The maximum Gasteiger partial charge on any atom is 0.258 e. The van der Waals surface area contributed by atoms with Crippen molar-refractivity contribution >= 4 is 42.8 Å². The first-order chi connectivity index (χ1) is 14.2. The van der Waals surface area contributed by atoms with Gasteiger partial charge in [0, 0.05) is 17.6 Å². The van der Waals surface area contributed by atoms with Crippen molar-refractivity contribution in [2.45, 2.75) is 30.3 Å². The number of para-hydroxylation sites is 1. The van der Waals surface area contributed by atoms with Gasteiger partial charge >= 0.3 is 0 Å². The van der Waals surface area contributed by atoms with E-state index in [1.807, 2.05) is 0 Å². The van der Waals surface area contributed by atoms with Gasteiger partial charge in [-0.25, -0.2) is 18.1 Å². The van der Waals surface area contributed by atoms with Crippen LogP contribution in [0.5, 0.6) is 0 Å². The highest BCUT2D eigenvalue weighted by Gasteiger charge is 2.29. The van der Waals surface area contributed by atoms with Gasteiger partial charge in [-0.15, -0.1) is 0 Å². The molecule has 0 atom stereocenters. The molecular weight excluding hydrogens is 472 g/mol. The summed E-state index contributed by atoms with van der Waals surface area (Å²) in [6, 6.07) is 11.3. The Morgan fingerprint density at radius 2 is 2.00 bits per heavy atom. The smallest absolute Gasteiger partial charge is 0.258 e. The zero-order valence-electron chi connectivity index (χ0n) is 16.1. The Balaban J connectivity index is 1.59. The summed E-state index contributed by atoms with van der Waals surface area (Å²) >= 11 is 3.32. The average Bonchev–Trinajstić information content (AvgIpc) is 3.51. The van der Waals surface area contributed by atoms with Gasteiger partial charge in [0.15, 0.2) is 0 Å². The van der Waals surface area contributed by atoms with E-state index in [1.165, 1.54) is 17.0 Å². The van der Waals surface area contributed by atoms with E-state index < -0.39 is 15.9 Å². The van der Waals surface area contributed by atoms with E-state index in [0.717, 1.165) is 12.8 Å². The summed E-state index contributed by atoms with van der Waals surface area (Å²) in [7, 11) is -2.12. The molecular formula is C20H19BrN4O4S. The molecule has 10 heteroatoms. The molecule has 0 bridgehead atoms. The lowest BCUT2D eigenvalue weighted by Gasteiger charge is -2.18. The van der Waals surface area contributed by atoms with E-state index >= 15 is 0 Å². The Hall–Kier alpha value is -2.56. The Kier molecular flexibility index (Phi) is 5.48. The molecule has 0 saturated heterocycles. The van der Waals surface area contributed by atoms with E-state index in [9.17, 15) is 18.0 Å². The molecule has 1 fully saturated rings. The van der Waals surface area contributed by atoms with Crippen LogP contribution >= 0.6 is 15.9 Å². The fraction of sp³-hybridized carbons (Fsp3) is 0.250. The van der Waals surface area contributed by atoms with Crippen LogP contribution < -0.4 is 10.3 Å². The van der Waals surface area contributed by atoms with Gasteiger partial charge in [0.1, 0.15) is 5.82 Å². The van der Waals surface area contributed by atoms with Crippen LogP contribution in [0.25, 0.3) is 10.9 Å². The summed E-state index contributed by atoms with van der Waals surface area (Å²) in [4.78, 5) is 33.7. The molecule has 4 rings (SSSR count). The van der Waals surface area contributed by atoms with E-state index in [-0.39, 0.29) is 28.6 Å². The molecule has 1 aliphatic carbocycles. The van der Waals surface area contributed by atoms with E-state index in [4.69, 9.17) is 0 Å². The first kappa shape index (κ1) is 20.7. The largest absolute Gasteiger partial charge is 0.334 e. The number of hydrogen-bond donors (Lipinski definition) is 2. The van der Waals surface area contributed by atoms with Crippen LogP contribution in [0.1, 0.15) is 29.0 Å². The quantitative estimate of drug-likeness (QED) is 0.550. The van der Waals surface area contributed by atoms with Crippen LogP contribution in [0.4, 0.5) is 0 Å². The molecule has 30 heavy (non-hydrogen) atoms. The highest BCUT2D eigenvalue weighted by atomic mass is 79.9. The number of amides is 1. The Bertz CT molecular complexity index is 1300. The lowest BCUT2D eigenvalue weighted by atomic mass is 10.2. The topological polar surface area (TPSA) is 112 Å². The minimum Gasteiger partial charge on any atom is -0.334 e. The molecule has 0 radical (unpaired) electrons. The average molecular weight is 491 g/mol. The summed E-state index contributed by atoms with van der Waals surface area (Å²) in [6.07, 6.45) is 1.64. The second-order valence-electron chi connectivity index (χ2n) is 7.23. The molecule has 0 spiro atoms. The van der Waals surface area contributed by atoms with Crippen LogP contribution in [0.3, 0.4) is 0 Å². The highest BCUT2D eigenvalue weighted by molar-refractivity contribution is 9.10. The monoisotopic (exact) mass is 490 g/mol. The summed E-state index contributed by atoms with van der Waals surface area (Å²) in [5.41, 5.74) is 0.466. The number of fused-ring (bicyclic) bond motifs is 1. The molecule has 1 amide bonds. The molecule has 0 aliphatic heterocycles. The van der Waals surface area contributed by atoms with Crippen molar-refractivity contribution < 1.29 is 13.2 Å². The minimum absolute atomic E-state index is 0.0312. The van der Waals surface area contributed by atoms with Crippen molar-refractivity contribution in [1.29, 1.82) is 0 Å². The molecule has 1 saturated carbocycles. The number of carbonyl (C=O) groups is 1. The molecule has 8 nitrogen and oxygen atoms in total. The number of benzene rings is 2. The number of halogens is 1. The molecule has 1 heterocycles. The van der Waals surface area contributed by atoms with Crippen LogP contribution in [-0.2, 0) is 16.6 Å². The van der Waals surface area contributed by atoms with Crippen LogP contribution in [-0.4, -0.2) is 42.3 Å². The van der Waals surface area contributed by atoms with Crippen molar-refractivity contribution in [1.82, 2.24) is 19.6 Å². The van der Waals surface area contributed by atoms with Crippen molar-refractivity contribution in [3.63, 3.8) is 0 Å². The molecule has 156 valence electrons. The van der Waals surface area contributed by atoms with Gasteiger partial charge in [0.2, 0.25) is 10.0 Å². The third-order valence-electron chi connectivity index (χ3n) is 4.77. The van der Waals surface area contributed by atoms with Gasteiger partial charge < -0.3 is 9.88 Å². The maximum atomic E-state index is 13.0. The third kappa shape index (κ3) is 4.30. The predicted molar refractivity (Wildman–Crippen MR) is 116 cm³/mol. The van der Waals surface area contributed by atoms with E-state index in [0.29, 0.717) is 21.2 Å². The van der Waals surface area contributed by atoms with Gasteiger partial charge in [0.05, 0.1) is 27.9 Å². The lowest BCUT2D eigenvalue weighted by molar-refractivity contribution is 0.0780. The van der Waals surface area contributed by atoms with Gasteiger partial charge in [-0.05, 0) is 59.1 Å². The zero-order valence-corrected chi connectivity index (χ0v) is 18.5. The molecule has 2 N–H and O–H groups in total. The highest BCUT2D eigenvalue weighted by Crippen LogP contribution is 2.26. The van der Waals surface area contributed by atoms with Crippen LogP contribution in [0.2, 0.25) is 0 Å². The van der Waals surface area contributed by atoms with Crippen molar-refractivity contribution in [3.05, 3.63) is 68.7 Å². The standard InChI is InChI=1S/C20H19BrN4O4S/c1-25(11-18-22-17-5-3-2-4-14(17)19(26)23-18)20(27)15-10-13(8-9-16(15)21)30(28,29)24-12-6-7-12/h2-5,8-10,12,24H,6-7,11H2,1H3,(H,22,23,26). The van der Waals surface area contributed by atoms with Crippen molar-refractivity contribution in [2.75, 3.05) is 7.05 Å². The number of carbonyl (C=O) groups excluding carboxylic acids is 1. The summed E-state index contributed by atoms with van der Waals surface area (Å²) < 4.78 is 28.1. The fourth-order valence-corrected chi connectivity index (χ4v) is 4.78. The molecule has 0 unspecified atom stereocenters. The summed E-state index contributed by atoms with van der Waals surface area (Å²) in [6.45, 7) is 0.0582. The Morgan fingerprint density at radius 1 is 1.27 bits per heavy atom. The second-order valence-corrected chi connectivity index (χ2v) is 9.80. The Labute approximate surface area is 181 Å². The Morgan fingerprint density at radius 3 is 2.73 bits per heavy atom. The van der Waals surface area contributed by atoms with Crippen LogP contribution in [0, 0.1) is 0 Å². The number of sulfonamides is 1. The molecule has 2 aromatic carbocycles. The van der Waals surface area contributed by atoms with Gasteiger partial charge in [-0.2, -0.15) is 0 Å². The SMILES string of the molecule is CN(Cc1nc2ccccc2c(=O)[nH]1)C(=O)c1cc(S(=O)(=O)NC2CC2)ccc1Br. The number of aromatic amines is 1. The third-order valence-corrected chi connectivity index (χ3v) is 6.98. The first-order valence-corrected chi connectivity index (χ1v) is 11.6. The summed E-state index contributed by atoms with van der Waals surface area (Å²) in [5, 5.41) is 0.471. The fourth-order valence-electron chi connectivity index (χ4n) is 3.04. The van der Waals surface area contributed by atoms with Crippen molar-refractivity contribution in [2.24, 2.45) is 0 Å². The van der Waals surface area contributed by atoms with Gasteiger partial charge in [0.25, 0.3) is 11.5 Å². The number of H-pyrrole nitrogens is 1. The number of nitrogens with one attached hydrogen (secondary N) is 2. The molecule has 1 aromatic heterocycles. The first-order valence-electron chi connectivity index (χ1n) is 9.30. The van der Waals surface area contributed by atoms with Crippen LogP contribution in [0.15, 0.2) is 56.6 Å². The number of nitrogens with zero attached hydrogens (tertiary/aromatic N) is 2. The van der Waals surface area contributed by atoms with Gasteiger partial charge in [-0.1, -0.05) is 12.1 Å². The van der Waals surface area contributed by atoms with Gasteiger partial charge in [-0.3, -0.25) is 9.59 Å². The van der Waals surface area contributed by atoms with E-state index in [2.05, 4.69) is 30.6 Å².